The molecule has 0 fully saturated rings. The summed E-state index contributed by atoms with van der Waals surface area (Å²) < 4.78 is 13.4. The zero-order chi connectivity index (χ0) is 36.5. The summed E-state index contributed by atoms with van der Waals surface area (Å²) in [5, 5.41) is 17.0. The van der Waals surface area contributed by atoms with Crippen molar-refractivity contribution in [3.05, 3.63) is 182 Å². The van der Waals surface area contributed by atoms with E-state index in [0.717, 1.165) is 55.0 Å². The van der Waals surface area contributed by atoms with Crippen LogP contribution in [-0.2, 0) is 0 Å². The van der Waals surface area contributed by atoms with Gasteiger partial charge in [-0.1, -0.05) is 152 Å². The van der Waals surface area contributed by atoms with Gasteiger partial charge in [-0.15, -0.1) is 0 Å². The van der Waals surface area contributed by atoms with Crippen LogP contribution in [0.5, 0.6) is 0 Å². The largest absolute Gasteiger partial charge is 0.456 e. The Bertz CT molecular complexity index is 3750. The van der Waals surface area contributed by atoms with E-state index < -0.39 is 0 Å². The lowest BCUT2D eigenvalue weighted by Gasteiger charge is -2.16. The molecule has 0 aliphatic heterocycles. The molecule has 0 aliphatic carbocycles. The predicted octanol–water partition coefficient (Wildman–Crippen LogP) is 15.7. The van der Waals surface area contributed by atoms with Crippen molar-refractivity contribution < 1.29 is 8.83 Å². The summed E-state index contributed by atoms with van der Waals surface area (Å²) >= 11 is 0. The summed E-state index contributed by atoms with van der Waals surface area (Å²) in [4.78, 5) is 0. The van der Waals surface area contributed by atoms with Crippen molar-refractivity contribution in [3.63, 3.8) is 0 Å². The van der Waals surface area contributed by atoms with Crippen molar-refractivity contribution in [2.45, 2.75) is 0 Å². The average molecular weight is 711 g/mol. The number of benzene rings is 11. The van der Waals surface area contributed by atoms with Gasteiger partial charge in [0.15, 0.2) is 0 Å². The second-order valence-electron chi connectivity index (χ2n) is 15.1. The molecule has 11 aromatic carbocycles. The van der Waals surface area contributed by atoms with Gasteiger partial charge < -0.3 is 8.83 Å². The first-order valence-corrected chi connectivity index (χ1v) is 19.2. The summed E-state index contributed by atoms with van der Waals surface area (Å²) in [7, 11) is 0. The van der Waals surface area contributed by atoms with Gasteiger partial charge in [-0.25, -0.2) is 0 Å². The molecule has 2 aromatic heterocycles. The van der Waals surface area contributed by atoms with Crippen molar-refractivity contribution in [2.24, 2.45) is 0 Å². The third kappa shape index (κ3) is 4.05. The van der Waals surface area contributed by atoms with Crippen molar-refractivity contribution in [3.8, 4) is 33.4 Å². The fraction of sp³-hybridized carbons (Fsp3) is 0. The lowest BCUT2D eigenvalue weighted by atomic mass is 9.86. The minimum atomic E-state index is 0.893. The zero-order valence-electron chi connectivity index (χ0n) is 30.1. The maximum Gasteiger partial charge on any atom is 0.143 e. The summed E-state index contributed by atoms with van der Waals surface area (Å²) in [5.41, 5.74) is 10.6. The third-order valence-electron chi connectivity index (χ3n) is 12.2. The topological polar surface area (TPSA) is 26.3 Å². The highest BCUT2D eigenvalue weighted by atomic mass is 16.3. The van der Waals surface area contributed by atoms with Crippen LogP contribution < -0.4 is 0 Å². The van der Waals surface area contributed by atoms with E-state index in [4.69, 9.17) is 8.83 Å². The molecule has 0 atom stereocenters. The fourth-order valence-electron chi connectivity index (χ4n) is 9.74. The number of hydrogen-bond donors (Lipinski definition) is 0. The van der Waals surface area contributed by atoms with Crippen LogP contribution in [0.15, 0.2) is 191 Å². The highest BCUT2D eigenvalue weighted by Gasteiger charge is 2.22. The van der Waals surface area contributed by atoms with E-state index in [2.05, 4.69) is 170 Å². The number of furan rings is 2. The maximum absolute atomic E-state index is 7.08. The molecule has 2 heteroatoms. The Morgan fingerprint density at radius 2 is 0.768 bits per heavy atom. The van der Waals surface area contributed by atoms with Crippen LogP contribution in [-0.4, -0.2) is 0 Å². The van der Waals surface area contributed by atoms with E-state index in [-0.39, 0.29) is 0 Å². The van der Waals surface area contributed by atoms with Gasteiger partial charge in [0.25, 0.3) is 0 Å². The van der Waals surface area contributed by atoms with E-state index >= 15 is 0 Å². The number of hydrogen-bond acceptors (Lipinski definition) is 2. The Hall–Kier alpha value is -7.42. The maximum atomic E-state index is 7.08. The van der Waals surface area contributed by atoms with E-state index in [0.29, 0.717) is 0 Å². The minimum absolute atomic E-state index is 0.893. The van der Waals surface area contributed by atoms with Gasteiger partial charge in [0.1, 0.15) is 22.3 Å². The molecule has 0 aliphatic rings. The van der Waals surface area contributed by atoms with Crippen LogP contribution >= 0.6 is 0 Å². The highest BCUT2D eigenvalue weighted by Crippen LogP contribution is 2.48. The molecule has 13 rings (SSSR count). The van der Waals surface area contributed by atoms with Crippen molar-refractivity contribution in [1.82, 2.24) is 0 Å². The van der Waals surface area contributed by atoms with E-state index in [9.17, 15) is 0 Å². The Balaban J connectivity index is 1.11. The molecule has 0 spiro atoms. The summed E-state index contributed by atoms with van der Waals surface area (Å²) in [6, 6.07) is 66.1. The average Bonchev–Trinajstić information content (AvgIpc) is 3.83. The van der Waals surface area contributed by atoms with Gasteiger partial charge in [0.2, 0.25) is 0 Å². The third-order valence-corrected chi connectivity index (χ3v) is 12.2. The molecular weight excluding hydrogens is 681 g/mol. The Morgan fingerprint density at radius 1 is 0.232 bits per heavy atom. The molecule has 0 saturated carbocycles. The van der Waals surface area contributed by atoms with Crippen LogP contribution in [0.2, 0.25) is 0 Å². The number of para-hydroxylation sites is 1. The molecular formula is C54H30O2. The fourth-order valence-corrected chi connectivity index (χ4v) is 9.74. The molecule has 0 radical (unpaired) electrons. The molecule has 258 valence electrons. The second-order valence-corrected chi connectivity index (χ2v) is 15.1. The van der Waals surface area contributed by atoms with Crippen LogP contribution in [0.25, 0.3) is 131 Å². The summed E-state index contributed by atoms with van der Waals surface area (Å²) in [5.74, 6) is 0. The second kappa shape index (κ2) is 11.1. The predicted molar refractivity (Wildman–Crippen MR) is 236 cm³/mol. The monoisotopic (exact) mass is 710 g/mol. The van der Waals surface area contributed by atoms with Crippen LogP contribution in [0.1, 0.15) is 0 Å². The van der Waals surface area contributed by atoms with Gasteiger partial charge >= 0.3 is 0 Å². The standard InChI is InChI=1S/C54H30O2/c1-2-10-35-30-49-46(29-34(35)9-1)53-43(40-23-21-33-20-19-31-11-7-12-32-22-24-42(40)51(33)50(31)32)27-28-44(54(53)56-49)39-26-25-38(36-13-3-4-14-37(36)39)41-16-8-18-48-52(41)45-15-5-6-17-47(45)55-48/h1-30H. The van der Waals surface area contributed by atoms with Crippen molar-refractivity contribution in [2.75, 3.05) is 0 Å². The number of fused-ring (bicyclic) bond motifs is 8. The summed E-state index contributed by atoms with van der Waals surface area (Å²) in [6.45, 7) is 0. The number of rotatable bonds is 3. The quantitative estimate of drug-likeness (QED) is 0.171. The highest BCUT2D eigenvalue weighted by molar-refractivity contribution is 6.28. The molecule has 0 bridgehead atoms. The minimum Gasteiger partial charge on any atom is -0.456 e. The Labute approximate surface area is 320 Å². The van der Waals surface area contributed by atoms with E-state index in [1.807, 2.05) is 12.1 Å². The van der Waals surface area contributed by atoms with Gasteiger partial charge in [-0.2, -0.15) is 0 Å². The zero-order valence-corrected chi connectivity index (χ0v) is 30.1. The Kier molecular flexibility index (Phi) is 5.92. The van der Waals surface area contributed by atoms with Crippen molar-refractivity contribution >= 4 is 97.7 Å². The Morgan fingerprint density at radius 3 is 1.59 bits per heavy atom. The first kappa shape index (κ1) is 30.0. The lowest BCUT2D eigenvalue weighted by molar-refractivity contribution is 0.669. The van der Waals surface area contributed by atoms with Gasteiger partial charge in [0, 0.05) is 27.1 Å². The van der Waals surface area contributed by atoms with Crippen molar-refractivity contribution in [1.29, 1.82) is 0 Å². The molecule has 0 N–H and O–H groups in total. The van der Waals surface area contributed by atoms with Gasteiger partial charge in [-0.3, -0.25) is 0 Å². The van der Waals surface area contributed by atoms with Gasteiger partial charge in [0.05, 0.1) is 0 Å². The lowest BCUT2D eigenvalue weighted by Crippen LogP contribution is -1.90. The molecule has 2 heterocycles. The van der Waals surface area contributed by atoms with Crippen LogP contribution in [0.3, 0.4) is 0 Å². The molecule has 0 amide bonds. The smallest absolute Gasteiger partial charge is 0.143 e. The first-order valence-electron chi connectivity index (χ1n) is 19.2. The molecule has 0 unspecified atom stereocenters. The SMILES string of the molecule is c1ccc2cc3c(cc2c1)oc1c(-c2ccc(-c4cccc5oc6ccccc6c45)c4ccccc24)ccc(-c2ccc4ccc5cccc6ccc2c4c56)c13. The van der Waals surface area contributed by atoms with Gasteiger partial charge in [-0.05, 0) is 112 Å². The summed E-state index contributed by atoms with van der Waals surface area (Å²) in [6.07, 6.45) is 0. The van der Waals surface area contributed by atoms with Crippen LogP contribution in [0.4, 0.5) is 0 Å². The molecule has 2 nitrogen and oxygen atoms in total. The van der Waals surface area contributed by atoms with E-state index in [1.54, 1.807) is 0 Å². The molecule has 13 aromatic rings. The van der Waals surface area contributed by atoms with Crippen LogP contribution in [0, 0.1) is 0 Å². The molecule has 0 saturated heterocycles. The van der Waals surface area contributed by atoms with E-state index in [1.165, 1.54) is 76.1 Å². The molecule has 56 heavy (non-hydrogen) atoms. The normalized spacial score (nSPS) is 12.3. The first-order chi connectivity index (χ1) is 27.8.